The van der Waals surface area contributed by atoms with Crippen LogP contribution in [0, 0.1) is 5.41 Å². The van der Waals surface area contributed by atoms with E-state index >= 15 is 0 Å². The zero-order valence-corrected chi connectivity index (χ0v) is 18.5. The summed E-state index contributed by atoms with van der Waals surface area (Å²) in [5.41, 5.74) is 9.22. The minimum absolute atomic E-state index is 0.186. The second-order valence-corrected chi connectivity index (χ2v) is 10.0. The Labute approximate surface area is 190 Å². The maximum Gasteiger partial charge on any atom is 0.304 e. The van der Waals surface area contributed by atoms with E-state index in [0.717, 1.165) is 51.5 Å². The third kappa shape index (κ3) is 3.96. The molecule has 2 aromatic carbocycles. The number of rotatable bonds is 6. The van der Waals surface area contributed by atoms with Crippen LogP contribution < -0.4 is 16.0 Å². The van der Waals surface area contributed by atoms with Gasteiger partial charge in [-0.3, -0.25) is 9.59 Å². The Morgan fingerprint density at radius 1 is 1.22 bits per heavy atom. The number of nitrogens with zero attached hydrogens (tertiary/aromatic N) is 2. The fraction of sp³-hybridized carbons (Fsp3) is 0.375. The van der Waals surface area contributed by atoms with E-state index in [9.17, 15) is 14.7 Å². The number of aliphatic carboxylic acids is 1. The Hall–Kier alpha value is -2.97. The Balaban J connectivity index is 1.31. The van der Waals surface area contributed by atoms with Crippen LogP contribution in [0.2, 0.25) is 0 Å². The Morgan fingerprint density at radius 3 is 2.62 bits per heavy atom. The molecule has 7 nitrogen and oxygen atoms in total. The highest BCUT2D eigenvalue weighted by Crippen LogP contribution is 2.40. The summed E-state index contributed by atoms with van der Waals surface area (Å²) in [6.45, 7) is 2.10. The molecule has 1 aromatic heterocycles. The van der Waals surface area contributed by atoms with Crippen molar-refractivity contribution in [1.82, 2.24) is 10.3 Å². The number of hydrogen-bond acceptors (Lipinski definition) is 6. The molecule has 4 N–H and O–H groups in total. The van der Waals surface area contributed by atoms with Gasteiger partial charge in [-0.25, -0.2) is 4.98 Å². The number of nitrogens with two attached hydrogens (primary N) is 1. The smallest absolute Gasteiger partial charge is 0.304 e. The summed E-state index contributed by atoms with van der Waals surface area (Å²) in [4.78, 5) is 31.8. The van der Waals surface area contributed by atoms with Crippen LogP contribution in [-0.4, -0.2) is 41.1 Å². The highest BCUT2D eigenvalue weighted by Gasteiger charge is 2.45. The first-order valence-corrected chi connectivity index (χ1v) is 11.7. The van der Waals surface area contributed by atoms with Gasteiger partial charge in [0.1, 0.15) is 5.01 Å². The molecular weight excluding hydrogens is 424 g/mol. The summed E-state index contributed by atoms with van der Waals surface area (Å²) in [7, 11) is 0. The van der Waals surface area contributed by atoms with Crippen molar-refractivity contribution in [1.29, 1.82) is 0 Å². The maximum atomic E-state index is 13.2. The average molecular weight is 451 g/mol. The van der Waals surface area contributed by atoms with E-state index in [0.29, 0.717) is 19.4 Å². The largest absolute Gasteiger partial charge is 0.481 e. The fourth-order valence-corrected chi connectivity index (χ4v) is 5.84. The number of carbonyl (C=O) groups excluding carboxylic acids is 1. The molecule has 1 fully saturated rings. The number of nitrogens with one attached hydrogen (secondary N) is 1. The normalized spacial score (nSPS) is 19.3. The topological polar surface area (TPSA) is 109 Å². The Morgan fingerprint density at radius 2 is 1.97 bits per heavy atom. The van der Waals surface area contributed by atoms with Gasteiger partial charge in [-0.15, -0.1) is 11.3 Å². The van der Waals surface area contributed by atoms with E-state index in [1.165, 1.54) is 0 Å². The van der Waals surface area contributed by atoms with Gasteiger partial charge < -0.3 is 21.1 Å². The predicted molar refractivity (Wildman–Crippen MR) is 125 cm³/mol. The lowest BCUT2D eigenvalue weighted by Gasteiger charge is -2.25. The lowest BCUT2D eigenvalue weighted by Crippen LogP contribution is -2.43. The highest BCUT2D eigenvalue weighted by molar-refractivity contribution is 7.18. The van der Waals surface area contributed by atoms with Gasteiger partial charge in [0.25, 0.3) is 0 Å². The molecule has 0 bridgehead atoms. The van der Waals surface area contributed by atoms with Crippen LogP contribution in [0.1, 0.15) is 29.0 Å². The van der Waals surface area contributed by atoms with Crippen LogP contribution in [0.3, 0.4) is 0 Å². The van der Waals surface area contributed by atoms with E-state index in [2.05, 4.69) is 28.4 Å². The van der Waals surface area contributed by atoms with Crippen LogP contribution in [0.15, 0.2) is 42.5 Å². The number of benzene rings is 2. The Kier molecular flexibility index (Phi) is 5.35. The molecule has 3 aromatic rings. The molecule has 1 atom stereocenters. The van der Waals surface area contributed by atoms with Crippen LogP contribution in [0.5, 0.6) is 0 Å². The molecule has 0 unspecified atom stereocenters. The van der Waals surface area contributed by atoms with Crippen molar-refractivity contribution in [2.45, 2.75) is 38.3 Å². The predicted octanol–water partition coefficient (Wildman–Crippen LogP) is 2.71. The van der Waals surface area contributed by atoms with Gasteiger partial charge in [0.15, 0.2) is 0 Å². The molecule has 1 amide bonds. The van der Waals surface area contributed by atoms with Crippen LogP contribution in [0.4, 0.5) is 5.69 Å². The van der Waals surface area contributed by atoms with Gasteiger partial charge in [-0.1, -0.05) is 24.3 Å². The summed E-state index contributed by atoms with van der Waals surface area (Å²) in [5, 5.41) is 13.3. The zero-order valence-electron chi connectivity index (χ0n) is 17.7. The summed E-state index contributed by atoms with van der Waals surface area (Å²) in [5.74, 6) is -1.18. The lowest BCUT2D eigenvalue weighted by molar-refractivity contribution is -0.145. The Bertz CT molecular complexity index is 1170. The standard InChI is InChI=1S/C24H26N4O3S/c25-17-7-8-28(14-17)18-5-6-20-19(9-18)27-21(32-20)13-26-23(31)24(12-22(29)30)10-15-3-1-2-4-16(15)11-24/h1-6,9,17H,7-8,10-14,25H2,(H,26,31)(H,29,30)/t17-/m1/s1. The van der Waals surface area contributed by atoms with Gasteiger partial charge in [0.05, 0.1) is 28.6 Å². The molecular formula is C24H26N4O3S. The van der Waals surface area contributed by atoms with Gasteiger partial charge >= 0.3 is 5.97 Å². The molecule has 166 valence electrons. The number of carboxylic acids is 1. The summed E-state index contributed by atoms with van der Waals surface area (Å²) < 4.78 is 1.06. The van der Waals surface area contributed by atoms with Gasteiger partial charge in [-0.05, 0) is 48.6 Å². The van der Waals surface area contributed by atoms with Crippen LogP contribution in [0.25, 0.3) is 10.2 Å². The highest BCUT2D eigenvalue weighted by atomic mass is 32.1. The van der Waals surface area contributed by atoms with E-state index < -0.39 is 11.4 Å². The molecule has 1 aliphatic heterocycles. The number of fused-ring (bicyclic) bond motifs is 2. The number of carbonyl (C=O) groups is 2. The lowest BCUT2D eigenvalue weighted by atomic mass is 9.80. The number of hydrogen-bond donors (Lipinski definition) is 3. The summed E-state index contributed by atoms with van der Waals surface area (Å²) in [6.07, 6.45) is 1.70. The van der Waals surface area contributed by atoms with Gasteiger partial charge in [0, 0.05) is 24.8 Å². The number of carboxylic acid groups (broad SMARTS) is 1. The first kappa shape index (κ1) is 20.9. The second kappa shape index (κ2) is 8.18. The van der Waals surface area contributed by atoms with Crippen molar-refractivity contribution in [2.24, 2.45) is 11.1 Å². The molecule has 5 rings (SSSR count). The third-order valence-corrected chi connectivity index (χ3v) is 7.59. The summed E-state index contributed by atoms with van der Waals surface area (Å²) >= 11 is 1.55. The van der Waals surface area contributed by atoms with Crippen LogP contribution >= 0.6 is 11.3 Å². The molecule has 2 aliphatic rings. The zero-order chi connectivity index (χ0) is 22.3. The maximum absolute atomic E-state index is 13.2. The molecule has 2 heterocycles. The average Bonchev–Trinajstić information content (AvgIpc) is 3.46. The van der Waals surface area contributed by atoms with Gasteiger partial charge in [-0.2, -0.15) is 0 Å². The number of aromatic nitrogens is 1. The van der Waals surface area contributed by atoms with Crippen molar-refractivity contribution in [3.8, 4) is 0 Å². The van der Waals surface area contributed by atoms with E-state index in [1.807, 2.05) is 24.3 Å². The number of thiazole rings is 1. The minimum Gasteiger partial charge on any atom is -0.481 e. The quantitative estimate of drug-likeness (QED) is 0.533. The van der Waals surface area contributed by atoms with E-state index in [-0.39, 0.29) is 18.4 Å². The van der Waals surface area contributed by atoms with Crippen LogP contribution in [-0.2, 0) is 29.0 Å². The first-order chi connectivity index (χ1) is 15.4. The SMILES string of the molecule is N[C@@H]1CCN(c2ccc3sc(CNC(=O)C4(CC(=O)O)Cc5ccccc5C4)nc3c2)C1. The van der Waals surface area contributed by atoms with Crippen molar-refractivity contribution in [2.75, 3.05) is 18.0 Å². The van der Waals surface area contributed by atoms with Crippen molar-refractivity contribution >= 4 is 39.1 Å². The molecule has 32 heavy (non-hydrogen) atoms. The van der Waals surface area contributed by atoms with Crippen molar-refractivity contribution < 1.29 is 14.7 Å². The molecule has 0 radical (unpaired) electrons. The third-order valence-electron chi connectivity index (χ3n) is 6.55. The summed E-state index contributed by atoms with van der Waals surface area (Å²) in [6, 6.07) is 14.3. The molecule has 1 saturated heterocycles. The monoisotopic (exact) mass is 450 g/mol. The molecule has 8 heteroatoms. The van der Waals surface area contributed by atoms with Gasteiger partial charge in [0.2, 0.25) is 5.91 Å². The molecule has 0 saturated carbocycles. The fourth-order valence-electron chi connectivity index (χ4n) is 4.95. The second-order valence-electron chi connectivity index (χ2n) is 8.91. The van der Waals surface area contributed by atoms with Crippen molar-refractivity contribution in [3.63, 3.8) is 0 Å². The van der Waals surface area contributed by atoms with E-state index in [1.54, 1.807) is 11.3 Å². The van der Waals surface area contributed by atoms with E-state index in [4.69, 9.17) is 10.7 Å². The van der Waals surface area contributed by atoms with Crippen molar-refractivity contribution in [3.05, 3.63) is 58.6 Å². The number of amides is 1. The first-order valence-electron chi connectivity index (χ1n) is 10.9. The molecule has 0 spiro atoms. The molecule has 1 aliphatic carbocycles. The minimum atomic E-state index is -0.956. The number of anilines is 1.